The highest BCUT2D eigenvalue weighted by molar-refractivity contribution is 5.94. The molecule has 5 heteroatoms. The van der Waals surface area contributed by atoms with Crippen molar-refractivity contribution in [2.24, 2.45) is 0 Å². The van der Waals surface area contributed by atoms with E-state index in [4.69, 9.17) is 0 Å². The zero-order chi connectivity index (χ0) is 16.9. The Bertz CT molecular complexity index is 540. The Morgan fingerprint density at radius 2 is 1.83 bits per heavy atom. The van der Waals surface area contributed by atoms with Gasteiger partial charge in [-0.1, -0.05) is 0 Å². The molecule has 1 aromatic rings. The maximum Gasteiger partial charge on any atom is 0.241 e. The van der Waals surface area contributed by atoms with E-state index < -0.39 is 0 Å². The van der Waals surface area contributed by atoms with E-state index in [1.54, 1.807) is 0 Å². The summed E-state index contributed by atoms with van der Waals surface area (Å²) in [5.74, 6) is -0.00479. The summed E-state index contributed by atoms with van der Waals surface area (Å²) in [7, 11) is 0. The lowest BCUT2D eigenvalue weighted by Crippen LogP contribution is -2.48. The number of nitrogens with one attached hydrogen (secondary N) is 1. The summed E-state index contributed by atoms with van der Waals surface area (Å²) < 4.78 is 0. The van der Waals surface area contributed by atoms with Gasteiger partial charge in [0.25, 0.3) is 0 Å². The third-order valence-corrected chi connectivity index (χ3v) is 5.21. The molecule has 0 saturated carbocycles. The van der Waals surface area contributed by atoms with Crippen LogP contribution in [0.25, 0.3) is 0 Å². The van der Waals surface area contributed by atoms with Crippen LogP contribution in [0.5, 0.6) is 0 Å². The zero-order valence-electron chi connectivity index (χ0n) is 14.6. The van der Waals surface area contributed by atoms with Gasteiger partial charge in [-0.3, -0.25) is 9.69 Å². The van der Waals surface area contributed by atoms with Crippen LogP contribution in [0.15, 0.2) is 24.3 Å². The highest BCUT2D eigenvalue weighted by Gasteiger charge is 2.26. The summed E-state index contributed by atoms with van der Waals surface area (Å²) >= 11 is 0. The SMILES string of the molecule is CC(C(=O)Nc1ccc(N2CCCCC2)cc1)N1CCCC(O)C1. The zero-order valence-corrected chi connectivity index (χ0v) is 14.6. The number of anilines is 2. The van der Waals surface area contributed by atoms with Gasteiger partial charge in [0.05, 0.1) is 12.1 Å². The molecule has 2 aliphatic rings. The van der Waals surface area contributed by atoms with E-state index in [1.165, 1.54) is 24.9 Å². The highest BCUT2D eigenvalue weighted by atomic mass is 16.3. The van der Waals surface area contributed by atoms with E-state index in [-0.39, 0.29) is 18.1 Å². The van der Waals surface area contributed by atoms with Crippen LogP contribution < -0.4 is 10.2 Å². The molecule has 2 aliphatic heterocycles. The van der Waals surface area contributed by atoms with Crippen molar-refractivity contribution in [1.82, 2.24) is 4.90 Å². The first-order chi connectivity index (χ1) is 11.6. The number of piperidine rings is 2. The monoisotopic (exact) mass is 331 g/mol. The van der Waals surface area contributed by atoms with E-state index in [0.29, 0.717) is 6.54 Å². The maximum atomic E-state index is 12.5. The topological polar surface area (TPSA) is 55.8 Å². The lowest BCUT2D eigenvalue weighted by Gasteiger charge is -2.34. The Kier molecular flexibility index (Phi) is 5.74. The molecule has 132 valence electrons. The Hall–Kier alpha value is -1.59. The molecule has 24 heavy (non-hydrogen) atoms. The van der Waals surface area contributed by atoms with Crippen LogP contribution in [-0.2, 0) is 4.79 Å². The summed E-state index contributed by atoms with van der Waals surface area (Å²) in [5, 5.41) is 12.8. The van der Waals surface area contributed by atoms with Crippen molar-refractivity contribution in [3.63, 3.8) is 0 Å². The molecule has 0 radical (unpaired) electrons. The lowest BCUT2D eigenvalue weighted by atomic mass is 10.1. The third-order valence-electron chi connectivity index (χ3n) is 5.21. The van der Waals surface area contributed by atoms with Crippen LogP contribution in [0.2, 0.25) is 0 Å². The van der Waals surface area contributed by atoms with Gasteiger partial charge in [-0.2, -0.15) is 0 Å². The van der Waals surface area contributed by atoms with Gasteiger partial charge >= 0.3 is 0 Å². The normalized spacial score (nSPS) is 23.8. The standard InChI is InChI=1S/C19H29N3O2/c1-15(22-13-5-6-18(23)14-22)19(24)20-16-7-9-17(10-8-16)21-11-3-2-4-12-21/h7-10,15,18,23H,2-6,11-14H2,1H3,(H,20,24). The van der Waals surface area contributed by atoms with Gasteiger partial charge in [0.15, 0.2) is 0 Å². The van der Waals surface area contributed by atoms with Crippen molar-refractivity contribution < 1.29 is 9.90 Å². The highest BCUT2D eigenvalue weighted by Crippen LogP contribution is 2.22. The number of aliphatic hydroxyl groups excluding tert-OH is 1. The number of β-amino-alcohol motifs (C(OH)–C–C–N with tert-alkyl or cyclic N) is 1. The molecule has 2 unspecified atom stereocenters. The van der Waals surface area contributed by atoms with Crippen molar-refractivity contribution in [2.75, 3.05) is 36.4 Å². The lowest BCUT2D eigenvalue weighted by molar-refractivity contribution is -0.121. The molecule has 2 fully saturated rings. The molecule has 0 spiro atoms. The number of likely N-dealkylation sites (tertiary alicyclic amines) is 1. The first-order valence-corrected chi connectivity index (χ1v) is 9.21. The molecule has 0 bridgehead atoms. The molecule has 3 rings (SSSR count). The fourth-order valence-electron chi connectivity index (χ4n) is 3.66. The number of nitrogens with zero attached hydrogens (tertiary/aromatic N) is 2. The minimum Gasteiger partial charge on any atom is -0.392 e. The predicted octanol–water partition coefficient (Wildman–Crippen LogP) is 2.46. The van der Waals surface area contributed by atoms with E-state index in [1.807, 2.05) is 19.1 Å². The maximum absolute atomic E-state index is 12.5. The van der Waals surface area contributed by atoms with Crippen molar-refractivity contribution in [3.05, 3.63) is 24.3 Å². The van der Waals surface area contributed by atoms with Crippen LogP contribution in [0, 0.1) is 0 Å². The second kappa shape index (κ2) is 7.99. The van der Waals surface area contributed by atoms with Gasteiger partial charge in [-0.05, 0) is 69.8 Å². The van der Waals surface area contributed by atoms with Crippen LogP contribution >= 0.6 is 0 Å². The molecule has 5 nitrogen and oxygen atoms in total. The largest absolute Gasteiger partial charge is 0.392 e. The van der Waals surface area contributed by atoms with E-state index >= 15 is 0 Å². The van der Waals surface area contributed by atoms with Gasteiger partial charge in [0, 0.05) is 31.0 Å². The van der Waals surface area contributed by atoms with Crippen molar-refractivity contribution in [1.29, 1.82) is 0 Å². The Morgan fingerprint density at radius 1 is 1.12 bits per heavy atom. The van der Waals surface area contributed by atoms with Gasteiger partial charge < -0.3 is 15.3 Å². The van der Waals surface area contributed by atoms with Crippen LogP contribution in [0.3, 0.4) is 0 Å². The van der Waals surface area contributed by atoms with Crippen LogP contribution in [-0.4, -0.2) is 54.2 Å². The number of rotatable bonds is 4. The molecule has 2 atom stereocenters. The summed E-state index contributed by atoms with van der Waals surface area (Å²) in [6.07, 6.45) is 5.33. The Morgan fingerprint density at radius 3 is 2.50 bits per heavy atom. The Labute approximate surface area is 144 Å². The molecule has 2 N–H and O–H groups in total. The number of hydrogen-bond donors (Lipinski definition) is 2. The van der Waals surface area contributed by atoms with Crippen molar-refractivity contribution >= 4 is 17.3 Å². The summed E-state index contributed by atoms with van der Waals surface area (Å²) in [5.41, 5.74) is 2.07. The van der Waals surface area contributed by atoms with E-state index in [0.717, 1.165) is 38.2 Å². The van der Waals surface area contributed by atoms with Gasteiger partial charge in [-0.15, -0.1) is 0 Å². The first kappa shape index (κ1) is 17.2. The second-order valence-corrected chi connectivity index (χ2v) is 7.05. The number of benzene rings is 1. The van der Waals surface area contributed by atoms with Gasteiger partial charge in [0.1, 0.15) is 0 Å². The summed E-state index contributed by atoms with van der Waals surface area (Å²) in [6, 6.07) is 7.94. The predicted molar refractivity (Wildman–Crippen MR) is 97.4 cm³/mol. The smallest absolute Gasteiger partial charge is 0.241 e. The molecule has 2 saturated heterocycles. The fourth-order valence-corrected chi connectivity index (χ4v) is 3.66. The average molecular weight is 331 g/mol. The molecule has 1 amide bonds. The average Bonchev–Trinajstić information content (AvgIpc) is 2.62. The molecule has 0 aliphatic carbocycles. The second-order valence-electron chi connectivity index (χ2n) is 7.05. The van der Waals surface area contributed by atoms with Crippen molar-refractivity contribution in [2.45, 2.75) is 51.2 Å². The number of amides is 1. The van der Waals surface area contributed by atoms with Gasteiger partial charge in [-0.25, -0.2) is 0 Å². The number of aliphatic hydroxyl groups is 1. The summed E-state index contributed by atoms with van der Waals surface area (Å²) in [6.45, 7) is 5.62. The first-order valence-electron chi connectivity index (χ1n) is 9.21. The van der Waals surface area contributed by atoms with Gasteiger partial charge in [0.2, 0.25) is 5.91 Å². The molecular formula is C19H29N3O2. The minimum atomic E-state index is -0.308. The quantitative estimate of drug-likeness (QED) is 0.890. The minimum absolute atomic E-state index is 0.00479. The third kappa shape index (κ3) is 4.28. The molecule has 1 aromatic carbocycles. The molecule has 0 aromatic heterocycles. The van der Waals surface area contributed by atoms with Crippen LogP contribution in [0.4, 0.5) is 11.4 Å². The van der Waals surface area contributed by atoms with Crippen molar-refractivity contribution in [3.8, 4) is 0 Å². The Balaban J connectivity index is 1.55. The fraction of sp³-hybridized carbons (Fsp3) is 0.632. The molecule has 2 heterocycles. The van der Waals surface area contributed by atoms with E-state index in [2.05, 4.69) is 27.2 Å². The molecular weight excluding hydrogens is 302 g/mol. The summed E-state index contributed by atoms with van der Waals surface area (Å²) in [4.78, 5) is 16.9. The number of hydrogen-bond acceptors (Lipinski definition) is 4. The number of carbonyl (C=O) groups is 1. The van der Waals surface area contributed by atoms with Crippen LogP contribution in [0.1, 0.15) is 39.0 Å². The number of carbonyl (C=O) groups excluding carboxylic acids is 1. The van der Waals surface area contributed by atoms with E-state index in [9.17, 15) is 9.90 Å².